The molecular weight excluding hydrogens is 487 g/mol. The molecule has 4 rings (SSSR count). The molecule has 0 aromatic heterocycles. The van der Waals surface area contributed by atoms with Gasteiger partial charge < -0.3 is 15.1 Å². The van der Waals surface area contributed by atoms with E-state index < -0.39 is 35.1 Å². The van der Waals surface area contributed by atoms with Gasteiger partial charge in [0.2, 0.25) is 5.91 Å². The van der Waals surface area contributed by atoms with E-state index in [4.69, 9.17) is 0 Å². The molecule has 0 saturated carbocycles. The van der Waals surface area contributed by atoms with Crippen molar-refractivity contribution in [2.75, 3.05) is 33.7 Å². The summed E-state index contributed by atoms with van der Waals surface area (Å²) >= 11 is 0. The van der Waals surface area contributed by atoms with Crippen molar-refractivity contribution in [1.29, 1.82) is 0 Å². The Labute approximate surface area is 221 Å². The van der Waals surface area contributed by atoms with Gasteiger partial charge in [-0.2, -0.15) is 0 Å². The summed E-state index contributed by atoms with van der Waals surface area (Å²) in [5.74, 6) is -4.41. The number of Topliss-reactive ketones (excluding diaryl/α,β-unsaturated/α-hetero) is 2. The summed E-state index contributed by atoms with van der Waals surface area (Å²) < 4.78 is 14.8. The molecule has 0 radical (unpaired) electrons. The largest absolute Gasteiger partial charge is 0.507 e. The number of rotatable bonds is 7. The van der Waals surface area contributed by atoms with Crippen LogP contribution in [0.2, 0.25) is 0 Å². The first-order valence-electron chi connectivity index (χ1n) is 12.4. The fourth-order valence-corrected chi connectivity index (χ4v) is 5.27. The van der Waals surface area contributed by atoms with Crippen LogP contribution in [0.25, 0.3) is 0 Å². The van der Waals surface area contributed by atoms with Crippen molar-refractivity contribution in [1.82, 2.24) is 9.80 Å². The second kappa shape index (κ2) is 11.1. The molecule has 0 spiro atoms. The molecule has 38 heavy (non-hydrogen) atoms. The molecule has 198 valence electrons. The Morgan fingerprint density at radius 2 is 1.34 bits per heavy atom. The van der Waals surface area contributed by atoms with Gasteiger partial charge in [0, 0.05) is 44.9 Å². The predicted octanol–water partition coefficient (Wildman–Crippen LogP) is 4.03. The summed E-state index contributed by atoms with van der Waals surface area (Å²) in [4.78, 5) is 43.8. The first kappa shape index (κ1) is 27.0. The fourth-order valence-electron chi connectivity index (χ4n) is 5.27. The van der Waals surface area contributed by atoms with Gasteiger partial charge in [-0.3, -0.25) is 19.3 Å². The third-order valence-corrected chi connectivity index (χ3v) is 7.32. The fraction of sp³-hybridized carbons (Fsp3) is 0.300. The summed E-state index contributed by atoms with van der Waals surface area (Å²) in [6.07, 6.45) is 0. The number of phenols is 2. The first-order chi connectivity index (χ1) is 18.1. The van der Waals surface area contributed by atoms with Crippen molar-refractivity contribution in [2.45, 2.75) is 12.8 Å². The van der Waals surface area contributed by atoms with Crippen LogP contribution in [0.1, 0.15) is 37.8 Å². The predicted molar refractivity (Wildman–Crippen MR) is 141 cm³/mol. The molecule has 1 saturated heterocycles. The van der Waals surface area contributed by atoms with E-state index in [0.717, 1.165) is 0 Å². The van der Waals surface area contributed by atoms with Crippen molar-refractivity contribution in [3.05, 3.63) is 94.8 Å². The number of carbonyl (C=O) groups excluding carboxylic acids is 3. The van der Waals surface area contributed by atoms with Gasteiger partial charge >= 0.3 is 0 Å². The van der Waals surface area contributed by atoms with Crippen LogP contribution in [-0.4, -0.2) is 71.2 Å². The Hall–Kier alpha value is -4.04. The number of hydrogen-bond acceptors (Lipinski definition) is 6. The Morgan fingerprint density at radius 3 is 1.82 bits per heavy atom. The quantitative estimate of drug-likeness (QED) is 0.459. The average molecular weight is 519 g/mol. The van der Waals surface area contributed by atoms with Gasteiger partial charge in [0.1, 0.15) is 17.3 Å². The number of nitrogens with zero attached hydrogens (tertiary/aromatic N) is 2. The zero-order valence-electron chi connectivity index (χ0n) is 21.6. The van der Waals surface area contributed by atoms with Crippen LogP contribution < -0.4 is 0 Å². The summed E-state index contributed by atoms with van der Waals surface area (Å²) in [7, 11) is 3.25. The SMILES string of the molecule is Cc1c(F)cccc1C1C(C(=O)c2ccccc2O)CN(CC(=O)N(C)C)CC1C(=O)c1ccccc1O. The lowest BCUT2D eigenvalue weighted by molar-refractivity contribution is -0.130. The number of carbonyl (C=O) groups is 3. The van der Waals surface area contributed by atoms with Gasteiger partial charge in [0.15, 0.2) is 11.6 Å². The van der Waals surface area contributed by atoms with Crippen LogP contribution in [0.5, 0.6) is 11.5 Å². The third kappa shape index (κ3) is 5.31. The highest BCUT2D eigenvalue weighted by atomic mass is 19.1. The average Bonchev–Trinajstić information content (AvgIpc) is 2.89. The van der Waals surface area contributed by atoms with Gasteiger partial charge in [-0.25, -0.2) is 4.39 Å². The van der Waals surface area contributed by atoms with Crippen molar-refractivity contribution < 1.29 is 29.0 Å². The molecule has 1 fully saturated rings. The van der Waals surface area contributed by atoms with Crippen molar-refractivity contribution >= 4 is 17.5 Å². The van der Waals surface area contributed by atoms with Crippen molar-refractivity contribution in [3.8, 4) is 11.5 Å². The molecule has 3 aromatic rings. The van der Waals surface area contributed by atoms with Gasteiger partial charge in [0.05, 0.1) is 17.7 Å². The minimum Gasteiger partial charge on any atom is -0.507 e. The Kier molecular flexibility index (Phi) is 7.92. The topological polar surface area (TPSA) is 98.2 Å². The summed E-state index contributed by atoms with van der Waals surface area (Å²) in [6, 6.07) is 16.9. The van der Waals surface area contributed by atoms with E-state index in [1.807, 2.05) is 0 Å². The summed E-state index contributed by atoms with van der Waals surface area (Å²) in [5.41, 5.74) is 1.00. The molecular formula is C30H31FN2O5. The molecule has 3 aromatic carbocycles. The maximum atomic E-state index is 14.8. The van der Waals surface area contributed by atoms with Crippen LogP contribution in [0.3, 0.4) is 0 Å². The lowest BCUT2D eigenvalue weighted by atomic mass is 9.67. The lowest BCUT2D eigenvalue weighted by Gasteiger charge is -2.43. The van der Waals surface area contributed by atoms with E-state index in [1.54, 1.807) is 62.3 Å². The highest BCUT2D eigenvalue weighted by molar-refractivity contribution is 6.04. The van der Waals surface area contributed by atoms with E-state index in [0.29, 0.717) is 11.1 Å². The standard InChI is InChI=1S/C30H31FN2O5/c1-18-19(11-8-12-24(18)31)28-22(29(37)20-9-4-6-13-25(20)34)15-33(17-27(36)32(2)3)16-23(28)30(38)21-10-5-7-14-26(21)35/h4-14,22-23,28,34-35H,15-17H2,1-3H3. The van der Waals surface area contributed by atoms with Gasteiger partial charge in [-0.15, -0.1) is 0 Å². The second-order valence-electron chi connectivity index (χ2n) is 9.94. The number of likely N-dealkylation sites (N-methyl/N-ethyl adjacent to an activating group) is 1. The van der Waals surface area contributed by atoms with Gasteiger partial charge in [-0.05, 0) is 48.4 Å². The number of hydrogen-bond donors (Lipinski definition) is 2. The van der Waals surface area contributed by atoms with Crippen LogP contribution in [0.4, 0.5) is 4.39 Å². The van der Waals surface area contributed by atoms with Crippen molar-refractivity contribution in [3.63, 3.8) is 0 Å². The number of likely N-dealkylation sites (tertiary alicyclic amines) is 1. The highest BCUT2D eigenvalue weighted by Gasteiger charge is 2.46. The van der Waals surface area contributed by atoms with Gasteiger partial charge in [-0.1, -0.05) is 36.4 Å². The van der Waals surface area contributed by atoms with Crippen molar-refractivity contribution in [2.24, 2.45) is 11.8 Å². The molecule has 7 nitrogen and oxygen atoms in total. The number of aromatic hydroxyl groups is 2. The van der Waals surface area contributed by atoms with E-state index in [9.17, 15) is 29.0 Å². The number of halogens is 1. The number of phenolic OH excluding ortho intramolecular Hbond substituents is 2. The molecule has 0 aliphatic carbocycles. The summed E-state index contributed by atoms with van der Waals surface area (Å²) in [5, 5.41) is 21.0. The Morgan fingerprint density at radius 1 is 0.842 bits per heavy atom. The maximum Gasteiger partial charge on any atom is 0.236 e. The molecule has 2 atom stereocenters. The zero-order valence-corrected chi connectivity index (χ0v) is 21.6. The molecule has 2 unspecified atom stereocenters. The van der Waals surface area contributed by atoms with E-state index in [1.165, 1.54) is 35.2 Å². The normalized spacial score (nSPS) is 19.6. The molecule has 1 aliphatic rings. The number of piperidine rings is 1. The number of para-hydroxylation sites is 2. The number of amides is 1. The lowest BCUT2D eigenvalue weighted by Crippen LogP contribution is -2.52. The molecule has 1 aliphatic heterocycles. The molecule has 8 heteroatoms. The molecule has 2 N–H and O–H groups in total. The van der Waals surface area contributed by atoms with Crippen LogP contribution in [0.15, 0.2) is 66.7 Å². The monoisotopic (exact) mass is 518 g/mol. The Bertz CT molecular complexity index is 1300. The minimum absolute atomic E-state index is 0.0308. The third-order valence-electron chi connectivity index (χ3n) is 7.32. The van der Waals surface area contributed by atoms with Crippen LogP contribution in [-0.2, 0) is 4.79 Å². The smallest absolute Gasteiger partial charge is 0.236 e. The Balaban J connectivity index is 1.89. The highest BCUT2D eigenvalue weighted by Crippen LogP contribution is 2.43. The van der Waals surface area contributed by atoms with E-state index >= 15 is 0 Å². The maximum absolute atomic E-state index is 14.8. The second-order valence-corrected chi connectivity index (χ2v) is 9.94. The van der Waals surface area contributed by atoms with Gasteiger partial charge in [0.25, 0.3) is 0 Å². The zero-order chi connectivity index (χ0) is 27.6. The minimum atomic E-state index is -0.882. The molecule has 1 amide bonds. The number of ketones is 2. The van der Waals surface area contributed by atoms with Crippen LogP contribution >= 0.6 is 0 Å². The summed E-state index contributed by atoms with van der Waals surface area (Å²) in [6.45, 7) is 1.82. The molecule has 0 bridgehead atoms. The molecule has 1 heterocycles. The van der Waals surface area contributed by atoms with Crippen LogP contribution in [0, 0.1) is 24.6 Å². The number of benzene rings is 3. The van der Waals surface area contributed by atoms with E-state index in [2.05, 4.69) is 0 Å². The van der Waals surface area contributed by atoms with E-state index in [-0.39, 0.29) is 48.2 Å². The first-order valence-corrected chi connectivity index (χ1v) is 12.4.